The summed E-state index contributed by atoms with van der Waals surface area (Å²) in [6.45, 7) is 12.4. The monoisotopic (exact) mass is 389 g/mol. The van der Waals surface area contributed by atoms with Crippen molar-refractivity contribution in [3.05, 3.63) is 23.8 Å². The normalized spacial score (nSPS) is 24.6. The molecular weight excluding hydrogens is 354 g/mol. The maximum Gasteiger partial charge on any atom is 0.234 e. The molecule has 0 saturated carbocycles. The first-order valence-electron chi connectivity index (χ1n) is 10.5. The van der Waals surface area contributed by atoms with E-state index in [1.165, 1.54) is 0 Å². The van der Waals surface area contributed by atoms with Crippen molar-refractivity contribution in [1.82, 2.24) is 15.1 Å². The number of likely N-dealkylation sites (N-methyl/N-ethyl adjacent to an activating group) is 1. The third kappa shape index (κ3) is 4.97. The van der Waals surface area contributed by atoms with Crippen LogP contribution in [0.1, 0.15) is 45.7 Å². The van der Waals surface area contributed by atoms with E-state index in [4.69, 9.17) is 9.47 Å². The smallest absolute Gasteiger partial charge is 0.234 e. The molecule has 1 fully saturated rings. The van der Waals surface area contributed by atoms with Gasteiger partial charge >= 0.3 is 0 Å². The molecule has 1 saturated heterocycles. The molecule has 1 aromatic rings. The van der Waals surface area contributed by atoms with Crippen LogP contribution in [-0.4, -0.2) is 67.7 Å². The molecule has 0 radical (unpaired) electrons. The molecule has 1 aromatic carbocycles. The van der Waals surface area contributed by atoms with Crippen molar-refractivity contribution in [1.29, 1.82) is 0 Å². The van der Waals surface area contributed by atoms with E-state index >= 15 is 0 Å². The summed E-state index contributed by atoms with van der Waals surface area (Å²) in [5, 5.41) is 3.26. The minimum atomic E-state index is -0.0530. The number of carbonyl (C=O) groups is 1. The summed E-state index contributed by atoms with van der Waals surface area (Å²) in [5.41, 5.74) is 1.06. The maximum atomic E-state index is 12.9. The van der Waals surface area contributed by atoms with Crippen LogP contribution in [0.3, 0.4) is 0 Å². The van der Waals surface area contributed by atoms with Gasteiger partial charge in [0, 0.05) is 31.6 Å². The summed E-state index contributed by atoms with van der Waals surface area (Å²) >= 11 is 0. The average Bonchev–Trinajstić information content (AvgIpc) is 2.87. The fraction of sp³-hybridized carbons (Fsp3) is 0.682. The number of piperazine rings is 1. The predicted octanol–water partition coefficient (Wildman–Crippen LogP) is 2.69. The number of nitrogens with zero attached hydrogens (tertiary/aromatic N) is 2. The van der Waals surface area contributed by atoms with Gasteiger partial charge in [-0.25, -0.2) is 0 Å². The van der Waals surface area contributed by atoms with E-state index in [1.807, 2.05) is 18.2 Å². The first kappa shape index (κ1) is 20.9. The molecule has 2 heterocycles. The Hall–Kier alpha value is -1.79. The highest BCUT2D eigenvalue weighted by Crippen LogP contribution is 2.34. The van der Waals surface area contributed by atoms with E-state index in [1.54, 1.807) is 0 Å². The predicted molar refractivity (Wildman–Crippen MR) is 111 cm³/mol. The Morgan fingerprint density at radius 1 is 1.14 bits per heavy atom. The zero-order valence-electron chi connectivity index (χ0n) is 17.9. The zero-order valence-corrected chi connectivity index (χ0v) is 17.9. The van der Waals surface area contributed by atoms with E-state index in [2.05, 4.69) is 49.9 Å². The van der Waals surface area contributed by atoms with Gasteiger partial charge in [0.2, 0.25) is 5.91 Å². The fourth-order valence-corrected chi connectivity index (χ4v) is 4.33. The highest BCUT2D eigenvalue weighted by molar-refractivity contribution is 5.78. The van der Waals surface area contributed by atoms with Crippen molar-refractivity contribution < 1.29 is 14.3 Å². The van der Waals surface area contributed by atoms with Crippen LogP contribution in [0.15, 0.2) is 18.2 Å². The van der Waals surface area contributed by atoms with Crippen LogP contribution >= 0.6 is 0 Å². The molecule has 0 aliphatic carbocycles. The topological polar surface area (TPSA) is 54.0 Å². The minimum absolute atomic E-state index is 0.0530. The molecule has 28 heavy (non-hydrogen) atoms. The molecule has 3 atom stereocenters. The van der Waals surface area contributed by atoms with Crippen LogP contribution in [0.4, 0.5) is 0 Å². The molecule has 0 aromatic heterocycles. The number of hydrogen-bond acceptors (Lipinski definition) is 5. The van der Waals surface area contributed by atoms with E-state index in [-0.39, 0.29) is 17.9 Å². The average molecular weight is 390 g/mol. The fourth-order valence-electron chi connectivity index (χ4n) is 4.33. The number of nitrogens with one attached hydrogen (secondary N) is 1. The molecule has 6 nitrogen and oxygen atoms in total. The van der Waals surface area contributed by atoms with Gasteiger partial charge in [0.1, 0.15) is 0 Å². The maximum absolute atomic E-state index is 12.9. The quantitative estimate of drug-likeness (QED) is 0.839. The van der Waals surface area contributed by atoms with Crippen molar-refractivity contribution in [2.24, 2.45) is 5.92 Å². The van der Waals surface area contributed by atoms with E-state index < -0.39 is 0 Å². The van der Waals surface area contributed by atoms with Crippen molar-refractivity contribution in [3.8, 4) is 11.5 Å². The summed E-state index contributed by atoms with van der Waals surface area (Å²) in [6.07, 6.45) is 0.885. The molecule has 1 N–H and O–H groups in total. The summed E-state index contributed by atoms with van der Waals surface area (Å²) < 4.78 is 11.6. The number of carbonyl (C=O) groups excluding carboxylic acids is 1. The lowest BCUT2D eigenvalue weighted by atomic mass is 9.95. The third-order valence-electron chi connectivity index (χ3n) is 5.72. The van der Waals surface area contributed by atoms with Gasteiger partial charge in [0.05, 0.1) is 25.8 Å². The molecule has 2 aliphatic heterocycles. The molecule has 3 rings (SSSR count). The number of fused-ring (bicyclic) bond motifs is 1. The van der Waals surface area contributed by atoms with Crippen molar-refractivity contribution >= 4 is 5.91 Å². The first-order valence-corrected chi connectivity index (χ1v) is 10.5. The SMILES string of the molecule is CC(C)C(NC(=O)CN1C(C)CN(C)CC1C)c1ccc2c(c1)OCCCO2. The Balaban J connectivity index is 1.69. The molecule has 0 bridgehead atoms. The van der Waals surface area contributed by atoms with Gasteiger partial charge in [-0.15, -0.1) is 0 Å². The Morgan fingerprint density at radius 3 is 2.43 bits per heavy atom. The van der Waals surface area contributed by atoms with Gasteiger partial charge < -0.3 is 19.7 Å². The Morgan fingerprint density at radius 2 is 1.79 bits per heavy atom. The molecule has 6 heteroatoms. The van der Waals surface area contributed by atoms with Crippen LogP contribution in [0.2, 0.25) is 0 Å². The van der Waals surface area contributed by atoms with E-state index in [0.29, 0.717) is 31.8 Å². The minimum Gasteiger partial charge on any atom is -0.490 e. The van der Waals surface area contributed by atoms with Crippen molar-refractivity contribution in [3.63, 3.8) is 0 Å². The van der Waals surface area contributed by atoms with Crippen LogP contribution < -0.4 is 14.8 Å². The molecule has 156 valence electrons. The second-order valence-electron chi connectivity index (χ2n) is 8.64. The third-order valence-corrected chi connectivity index (χ3v) is 5.72. The van der Waals surface area contributed by atoms with Gasteiger partial charge in [-0.3, -0.25) is 9.69 Å². The Kier molecular flexibility index (Phi) is 6.83. The molecular formula is C22H35N3O3. The van der Waals surface area contributed by atoms with Gasteiger partial charge in [0.15, 0.2) is 11.5 Å². The number of benzene rings is 1. The standard InChI is InChI=1S/C22H35N3O3/c1-15(2)22(18-7-8-19-20(11-18)28-10-6-9-27-19)23-21(26)14-25-16(3)12-24(5)13-17(25)4/h7-8,11,15-17,22H,6,9-10,12-14H2,1-5H3,(H,23,26). The summed E-state index contributed by atoms with van der Waals surface area (Å²) in [6, 6.07) is 6.71. The van der Waals surface area contributed by atoms with E-state index in [9.17, 15) is 4.79 Å². The number of rotatable bonds is 5. The van der Waals surface area contributed by atoms with Gasteiger partial charge in [-0.2, -0.15) is 0 Å². The lowest BCUT2D eigenvalue weighted by Crippen LogP contribution is -2.57. The molecule has 2 aliphatic rings. The Labute approximate surface area is 169 Å². The molecule has 0 spiro atoms. The van der Waals surface area contributed by atoms with Gasteiger partial charge in [-0.05, 0) is 44.5 Å². The first-order chi connectivity index (χ1) is 13.3. The summed E-state index contributed by atoms with van der Waals surface area (Å²) in [5.74, 6) is 1.91. The lowest BCUT2D eigenvalue weighted by Gasteiger charge is -2.43. The van der Waals surface area contributed by atoms with Gasteiger partial charge in [0.25, 0.3) is 0 Å². The zero-order chi connectivity index (χ0) is 20.3. The summed E-state index contributed by atoms with van der Waals surface area (Å²) in [4.78, 5) is 17.5. The van der Waals surface area contributed by atoms with Crippen LogP contribution in [-0.2, 0) is 4.79 Å². The van der Waals surface area contributed by atoms with Crippen LogP contribution in [0.5, 0.6) is 11.5 Å². The van der Waals surface area contributed by atoms with Gasteiger partial charge in [-0.1, -0.05) is 19.9 Å². The Bertz CT molecular complexity index is 667. The highest BCUT2D eigenvalue weighted by Gasteiger charge is 2.30. The lowest BCUT2D eigenvalue weighted by molar-refractivity contribution is -0.125. The second kappa shape index (κ2) is 9.14. The summed E-state index contributed by atoms with van der Waals surface area (Å²) in [7, 11) is 2.14. The molecule has 3 unspecified atom stereocenters. The number of hydrogen-bond donors (Lipinski definition) is 1. The number of amides is 1. The van der Waals surface area contributed by atoms with E-state index in [0.717, 1.165) is 36.6 Å². The number of ether oxygens (including phenoxy) is 2. The largest absolute Gasteiger partial charge is 0.490 e. The van der Waals surface area contributed by atoms with Crippen LogP contribution in [0, 0.1) is 5.92 Å². The van der Waals surface area contributed by atoms with Crippen molar-refractivity contribution in [2.75, 3.05) is 39.9 Å². The van der Waals surface area contributed by atoms with Crippen molar-refractivity contribution in [2.45, 2.75) is 52.2 Å². The molecule has 1 amide bonds. The second-order valence-corrected chi connectivity index (χ2v) is 8.64. The van der Waals surface area contributed by atoms with Crippen LogP contribution in [0.25, 0.3) is 0 Å². The highest BCUT2D eigenvalue weighted by atomic mass is 16.5.